The third-order valence-electron chi connectivity index (χ3n) is 6.84. The highest BCUT2D eigenvalue weighted by molar-refractivity contribution is 5.97. The molecular weight excluding hydrogens is 486 g/mol. The summed E-state index contributed by atoms with van der Waals surface area (Å²) in [6, 6.07) is 28.7. The van der Waals surface area contributed by atoms with E-state index in [2.05, 4.69) is 23.8 Å². The number of carbonyl (C=O) groups excluding carboxylic acids is 1. The Morgan fingerprint density at radius 1 is 0.974 bits per heavy atom. The molecule has 0 bridgehead atoms. The number of benzene rings is 4. The summed E-state index contributed by atoms with van der Waals surface area (Å²) < 4.78 is 5.35. The zero-order valence-electron chi connectivity index (χ0n) is 22.1. The van der Waals surface area contributed by atoms with Crippen molar-refractivity contribution in [3.05, 3.63) is 114 Å². The minimum absolute atomic E-state index is 0.100. The van der Waals surface area contributed by atoms with Crippen LogP contribution in [0.15, 0.2) is 97.6 Å². The lowest BCUT2D eigenvalue weighted by molar-refractivity contribution is 0.0934. The molecule has 3 N–H and O–H groups in total. The molecule has 6 nitrogen and oxygen atoms in total. The van der Waals surface area contributed by atoms with Gasteiger partial charge in [-0.15, -0.1) is 0 Å². The Morgan fingerprint density at radius 2 is 1.72 bits per heavy atom. The van der Waals surface area contributed by atoms with Crippen LogP contribution < -0.4 is 10.1 Å². The number of aromatic nitrogens is 2. The first-order valence-corrected chi connectivity index (χ1v) is 13.0. The van der Waals surface area contributed by atoms with Gasteiger partial charge in [0.1, 0.15) is 17.3 Å². The van der Waals surface area contributed by atoms with Crippen LogP contribution in [0.25, 0.3) is 39.3 Å². The second kappa shape index (κ2) is 11.3. The van der Waals surface area contributed by atoms with E-state index in [4.69, 9.17) is 9.72 Å². The number of rotatable bonds is 9. The van der Waals surface area contributed by atoms with Crippen molar-refractivity contribution < 1.29 is 14.6 Å². The topological polar surface area (TPSA) is 87.2 Å². The molecule has 0 spiro atoms. The molecule has 0 saturated carbocycles. The van der Waals surface area contributed by atoms with E-state index < -0.39 is 0 Å². The number of hydrogen-bond acceptors (Lipinski definition) is 4. The monoisotopic (exact) mass is 517 g/mol. The van der Waals surface area contributed by atoms with Crippen molar-refractivity contribution in [2.24, 2.45) is 0 Å². The lowest BCUT2D eigenvalue weighted by Gasteiger charge is -2.19. The molecule has 0 aliphatic heterocycles. The van der Waals surface area contributed by atoms with Crippen molar-refractivity contribution in [1.82, 2.24) is 15.3 Å². The lowest BCUT2D eigenvalue weighted by Crippen LogP contribution is -2.28. The number of aromatic amines is 1. The summed E-state index contributed by atoms with van der Waals surface area (Å²) in [7, 11) is 1.63. The van der Waals surface area contributed by atoms with Crippen molar-refractivity contribution in [3.63, 3.8) is 0 Å². The molecule has 5 aromatic rings. The molecule has 1 aromatic heterocycles. The first-order valence-electron chi connectivity index (χ1n) is 13.0. The van der Waals surface area contributed by atoms with E-state index in [-0.39, 0.29) is 17.7 Å². The first kappa shape index (κ1) is 25.8. The number of H-pyrrole nitrogens is 1. The SMILES string of the molecule is C=C(O)c1cc(C(=O)N[C@H](CCC)c2ccccc2)ccc1-c1ccccc1-c1nc2ccc(OC)cc2[nH]1. The van der Waals surface area contributed by atoms with Gasteiger partial charge in [0.25, 0.3) is 5.91 Å². The number of fused-ring (bicyclic) bond motifs is 1. The number of ether oxygens (including phenoxy) is 1. The number of aliphatic hydroxyl groups excluding tert-OH is 1. The minimum Gasteiger partial charge on any atom is -0.508 e. The molecule has 1 atom stereocenters. The highest BCUT2D eigenvalue weighted by Crippen LogP contribution is 2.36. The van der Waals surface area contributed by atoms with E-state index in [1.165, 1.54) is 0 Å². The second-order valence-corrected chi connectivity index (χ2v) is 9.45. The Balaban J connectivity index is 1.51. The van der Waals surface area contributed by atoms with E-state index in [1.807, 2.05) is 78.9 Å². The number of nitrogens with zero attached hydrogens (tertiary/aromatic N) is 1. The maximum Gasteiger partial charge on any atom is 0.251 e. The van der Waals surface area contributed by atoms with Crippen molar-refractivity contribution in [3.8, 4) is 28.3 Å². The molecule has 5 rings (SSSR count). The average molecular weight is 518 g/mol. The molecule has 0 fully saturated rings. The maximum absolute atomic E-state index is 13.3. The number of nitrogens with one attached hydrogen (secondary N) is 2. The fourth-order valence-corrected chi connectivity index (χ4v) is 4.86. The van der Waals surface area contributed by atoms with Gasteiger partial charge in [0, 0.05) is 22.8 Å². The standard InChI is InChI=1S/C33H31N3O3/c1-4-10-29(22-11-6-5-7-12-22)36-33(38)23-15-17-26(28(19-23)21(2)37)25-13-8-9-14-27(25)32-34-30-18-16-24(39-3)20-31(30)35-32/h5-9,11-20,29,37H,2,4,10H2,1,3H3,(H,34,35)(H,36,38)/t29-/m1/s1. The van der Waals surface area contributed by atoms with Crippen LogP contribution in [0.4, 0.5) is 0 Å². The van der Waals surface area contributed by atoms with Crippen LogP contribution in [0, 0.1) is 0 Å². The smallest absolute Gasteiger partial charge is 0.251 e. The Labute approximate surface area is 228 Å². The third-order valence-corrected chi connectivity index (χ3v) is 6.84. The Hall–Kier alpha value is -4.84. The zero-order chi connectivity index (χ0) is 27.4. The van der Waals surface area contributed by atoms with Crippen LogP contribution in [0.5, 0.6) is 5.75 Å². The average Bonchev–Trinajstić information content (AvgIpc) is 3.40. The van der Waals surface area contributed by atoms with Gasteiger partial charge >= 0.3 is 0 Å². The summed E-state index contributed by atoms with van der Waals surface area (Å²) in [6.07, 6.45) is 1.76. The minimum atomic E-state index is -0.203. The van der Waals surface area contributed by atoms with Gasteiger partial charge in [0.05, 0.1) is 24.2 Å². The van der Waals surface area contributed by atoms with Crippen LogP contribution in [0.3, 0.4) is 0 Å². The number of methoxy groups -OCH3 is 1. The highest BCUT2D eigenvalue weighted by Gasteiger charge is 2.19. The van der Waals surface area contributed by atoms with Crippen molar-refractivity contribution in [1.29, 1.82) is 0 Å². The predicted octanol–water partition coefficient (Wildman–Crippen LogP) is 7.71. The molecule has 0 unspecified atom stereocenters. The molecule has 0 aliphatic rings. The molecule has 1 amide bonds. The fourth-order valence-electron chi connectivity index (χ4n) is 4.86. The Bertz CT molecular complexity index is 1640. The largest absolute Gasteiger partial charge is 0.508 e. The molecular formula is C33H31N3O3. The van der Waals surface area contributed by atoms with Crippen molar-refractivity contribution >= 4 is 22.7 Å². The molecule has 1 heterocycles. The van der Waals surface area contributed by atoms with E-state index >= 15 is 0 Å². The predicted molar refractivity (Wildman–Crippen MR) is 157 cm³/mol. The first-order chi connectivity index (χ1) is 19.0. The van der Waals surface area contributed by atoms with Gasteiger partial charge in [-0.25, -0.2) is 4.98 Å². The van der Waals surface area contributed by atoms with Gasteiger partial charge in [-0.2, -0.15) is 0 Å². The number of amides is 1. The van der Waals surface area contributed by atoms with Gasteiger partial charge in [0.2, 0.25) is 0 Å². The van der Waals surface area contributed by atoms with Crippen LogP contribution in [0.1, 0.15) is 47.3 Å². The number of carbonyl (C=O) groups is 1. The summed E-state index contributed by atoms with van der Waals surface area (Å²) in [6.45, 7) is 5.89. The lowest BCUT2D eigenvalue weighted by atomic mass is 9.92. The van der Waals surface area contributed by atoms with E-state index in [0.717, 1.165) is 51.9 Å². The molecule has 39 heavy (non-hydrogen) atoms. The van der Waals surface area contributed by atoms with Gasteiger partial charge in [-0.05, 0) is 47.4 Å². The van der Waals surface area contributed by atoms with Crippen molar-refractivity contribution in [2.75, 3.05) is 7.11 Å². The van der Waals surface area contributed by atoms with Crippen LogP contribution in [-0.2, 0) is 0 Å². The second-order valence-electron chi connectivity index (χ2n) is 9.45. The summed E-state index contributed by atoms with van der Waals surface area (Å²) in [5.74, 6) is 1.12. The van der Waals surface area contributed by atoms with Crippen LogP contribution in [0.2, 0.25) is 0 Å². The van der Waals surface area contributed by atoms with E-state index in [1.54, 1.807) is 19.2 Å². The molecule has 4 aromatic carbocycles. The van der Waals surface area contributed by atoms with Crippen molar-refractivity contribution in [2.45, 2.75) is 25.8 Å². The summed E-state index contributed by atoms with van der Waals surface area (Å²) >= 11 is 0. The van der Waals surface area contributed by atoms with E-state index in [0.29, 0.717) is 17.0 Å². The van der Waals surface area contributed by atoms with E-state index in [9.17, 15) is 9.90 Å². The molecule has 196 valence electrons. The molecule has 0 saturated heterocycles. The number of imidazole rings is 1. The summed E-state index contributed by atoms with van der Waals surface area (Å²) in [5.41, 5.74) is 6.15. The Kier molecular flexibility index (Phi) is 7.46. The van der Waals surface area contributed by atoms with Gasteiger partial charge in [-0.3, -0.25) is 4.79 Å². The van der Waals surface area contributed by atoms with Crippen LogP contribution >= 0.6 is 0 Å². The van der Waals surface area contributed by atoms with Gasteiger partial charge in [0.15, 0.2) is 0 Å². The zero-order valence-corrected chi connectivity index (χ0v) is 22.1. The fraction of sp³-hybridized carbons (Fsp3) is 0.152. The maximum atomic E-state index is 13.3. The number of hydrogen-bond donors (Lipinski definition) is 3. The van der Waals surface area contributed by atoms with Gasteiger partial charge in [-0.1, -0.05) is 80.6 Å². The van der Waals surface area contributed by atoms with Crippen LogP contribution in [-0.4, -0.2) is 28.1 Å². The molecule has 6 heteroatoms. The number of aliphatic hydroxyl groups is 1. The normalized spacial score (nSPS) is 11.7. The molecule has 0 radical (unpaired) electrons. The summed E-state index contributed by atoms with van der Waals surface area (Å²) in [5, 5.41) is 13.7. The highest BCUT2D eigenvalue weighted by atomic mass is 16.5. The Morgan fingerprint density at radius 3 is 2.44 bits per heavy atom. The van der Waals surface area contributed by atoms with Gasteiger partial charge < -0.3 is 20.1 Å². The quantitative estimate of drug-likeness (QED) is 0.175. The molecule has 0 aliphatic carbocycles. The summed E-state index contributed by atoms with van der Waals surface area (Å²) in [4.78, 5) is 21.5. The third kappa shape index (κ3) is 5.41.